The molecule has 0 saturated heterocycles. The molecular formula is C15H12Br2ClN3O2. The number of hydrogen-bond donors (Lipinski definition) is 2. The lowest BCUT2D eigenvalue weighted by molar-refractivity contribution is 0.249. The Morgan fingerprint density at radius 2 is 1.96 bits per heavy atom. The molecule has 0 saturated carbocycles. The van der Waals surface area contributed by atoms with Crippen molar-refractivity contribution in [1.29, 1.82) is 0 Å². The van der Waals surface area contributed by atoms with Crippen LogP contribution in [0.1, 0.15) is 11.1 Å². The number of carbonyl (C=O) groups is 1. The molecule has 0 aliphatic carbocycles. The Labute approximate surface area is 155 Å². The first-order valence-corrected chi connectivity index (χ1v) is 8.37. The lowest BCUT2D eigenvalue weighted by atomic mass is 10.2. The molecule has 0 spiro atoms. The molecule has 0 aliphatic heterocycles. The van der Waals surface area contributed by atoms with Crippen LogP contribution in [-0.4, -0.2) is 12.2 Å². The number of nitrogens with one attached hydrogen (secondary N) is 1. The normalized spacial score (nSPS) is 10.7. The summed E-state index contributed by atoms with van der Waals surface area (Å²) in [6, 6.07) is 10.4. The Morgan fingerprint density at radius 3 is 2.57 bits per heavy atom. The number of urea groups is 1. The monoisotopic (exact) mass is 459 g/mol. The van der Waals surface area contributed by atoms with Crippen LogP contribution in [0.3, 0.4) is 0 Å². The Morgan fingerprint density at radius 1 is 1.30 bits per heavy atom. The molecule has 2 amide bonds. The second-order valence-corrected chi connectivity index (χ2v) is 6.54. The number of amides is 2. The third-order valence-corrected chi connectivity index (χ3v) is 4.29. The number of hydrazone groups is 1. The number of ether oxygens (including phenoxy) is 1. The van der Waals surface area contributed by atoms with Gasteiger partial charge in [-0.05, 0) is 55.6 Å². The molecule has 3 N–H and O–H groups in total. The highest BCUT2D eigenvalue weighted by Crippen LogP contribution is 2.35. The zero-order chi connectivity index (χ0) is 16.8. The number of carbonyl (C=O) groups excluding carboxylic acids is 1. The molecule has 5 nitrogen and oxygen atoms in total. The highest BCUT2D eigenvalue weighted by atomic mass is 79.9. The molecule has 0 heterocycles. The maximum atomic E-state index is 10.6. The number of nitrogens with two attached hydrogens (primary N) is 1. The fraction of sp³-hybridized carbons (Fsp3) is 0.0667. The van der Waals surface area contributed by atoms with Crippen LogP contribution in [0.25, 0.3) is 0 Å². The van der Waals surface area contributed by atoms with Crippen LogP contribution < -0.4 is 15.9 Å². The van der Waals surface area contributed by atoms with Gasteiger partial charge in [-0.1, -0.05) is 29.8 Å². The maximum absolute atomic E-state index is 10.6. The van der Waals surface area contributed by atoms with E-state index in [1.165, 1.54) is 6.21 Å². The second-order valence-electron chi connectivity index (χ2n) is 4.43. The third-order valence-electron chi connectivity index (χ3n) is 2.74. The van der Waals surface area contributed by atoms with Crippen LogP contribution >= 0.6 is 43.5 Å². The largest absolute Gasteiger partial charge is 0.486 e. The van der Waals surface area contributed by atoms with E-state index < -0.39 is 6.03 Å². The van der Waals surface area contributed by atoms with E-state index >= 15 is 0 Å². The molecule has 2 aromatic rings. The second kappa shape index (κ2) is 8.33. The van der Waals surface area contributed by atoms with E-state index in [2.05, 4.69) is 42.4 Å². The standard InChI is InChI=1S/C15H12Br2ClN3O2/c16-11-5-9(7-20-21-15(19)22)6-12(17)14(11)23-8-10-3-1-2-4-13(10)18/h1-7H,8H2,(H3,19,21,22)/b20-7-. The van der Waals surface area contributed by atoms with Crippen LogP contribution in [0.15, 0.2) is 50.4 Å². The molecular weight excluding hydrogens is 449 g/mol. The summed E-state index contributed by atoms with van der Waals surface area (Å²) in [5, 5.41) is 4.36. The lowest BCUT2D eigenvalue weighted by Gasteiger charge is -2.12. The molecule has 0 radical (unpaired) electrons. The van der Waals surface area contributed by atoms with Gasteiger partial charge in [0.1, 0.15) is 12.4 Å². The summed E-state index contributed by atoms with van der Waals surface area (Å²) in [4.78, 5) is 10.6. The van der Waals surface area contributed by atoms with Crippen LogP contribution in [0.4, 0.5) is 4.79 Å². The van der Waals surface area contributed by atoms with Gasteiger partial charge in [-0.25, -0.2) is 10.2 Å². The fourth-order valence-electron chi connectivity index (χ4n) is 1.73. The molecule has 0 atom stereocenters. The van der Waals surface area contributed by atoms with Gasteiger partial charge in [0.15, 0.2) is 0 Å². The first-order valence-electron chi connectivity index (χ1n) is 6.41. The zero-order valence-electron chi connectivity index (χ0n) is 11.7. The van der Waals surface area contributed by atoms with Gasteiger partial charge in [-0.15, -0.1) is 0 Å². The summed E-state index contributed by atoms with van der Waals surface area (Å²) in [5.74, 6) is 0.643. The van der Waals surface area contributed by atoms with Gasteiger partial charge >= 0.3 is 6.03 Å². The van der Waals surface area contributed by atoms with Crippen molar-refractivity contribution >= 4 is 55.7 Å². The van der Waals surface area contributed by atoms with E-state index in [4.69, 9.17) is 22.1 Å². The van der Waals surface area contributed by atoms with Crippen molar-refractivity contribution < 1.29 is 9.53 Å². The number of halogens is 3. The highest BCUT2D eigenvalue weighted by Gasteiger charge is 2.10. The van der Waals surface area contributed by atoms with Gasteiger partial charge in [-0.2, -0.15) is 5.10 Å². The quantitative estimate of drug-likeness (QED) is 0.510. The predicted octanol–water partition coefficient (Wildman–Crippen LogP) is 4.45. The predicted molar refractivity (Wildman–Crippen MR) is 97.9 cm³/mol. The van der Waals surface area contributed by atoms with Crippen LogP contribution in [0.5, 0.6) is 5.75 Å². The van der Waals surface area contributed by atoms with Gasteiger partial charge in [0.05, 0.1) is 15.2 Å². The van der Waals surface area contributed by atoms with E-state index in [0.717, 1.165) is 20.1 Å². The average Bonchev–Trinajstić information content (AvgIpc) is 2.48. The molecule has 8 heteroatoms. The van der Waals surface area contributed by atoms with Crippen molar-refractivity contribution in [2.45, 2.75) is 6.61 Å². The van der Waals surface area contributed by atoms with E-state index in [1.54, 1.807) is 12.1 Å². The summed E-state index contributed by atoms with van der Waals surface area (Å²) >= 11 is 13.0. The van der Waals surface area contributed by atoms with Crippen molar-refractivity contribution in [2.24, 2.45) is 10.8 Å². The van der Waals surface area contributed by atoms with E-state index in [0.29, 0.717) is 17.4 Å². The molecule has 2 rings (SSSR count). The Hall–Kier alpha value is -1.57. The highest BCUT2D eigenvalue weighted by molar-refractivity contribution is 9.11. The van der Waals surface area contributed by atoms with Crippen LogP contribution in [-0.2, 0) is 6.61 Å². The number of nitrogens with zero attached hydrogens (tertiary/aromatic N) is 1. The van der Waals surface area contributed by atoms with Gasteiger partial charge in [-0.3, -0.25) is 0 Å². The first kappa shape index (κ1) is 17.8. The van der Waals surface area contributed by atoms with E-state index in [1.807, 2.05) is 24.3 Å². The lowest BCUT2D eigenvalue weighted by Crippen LogP contribution is -2.24. The van der Waals surface area contributed by atoms with Gasteiger partial charge in [0.25, 0.3) is 0 Å². The molecule has 23 heavy (non-hydrogen) atoms. The fourth-order valence-corrected chi connectivity index (χ4v) is 3.37. The van der Waals surface area contributed by atoms with Gasteiger partial charge in [0, 0.05) is 10.6 Å². The number of hydrogen-bond acceptors (Lipinski definition) is 3. The number of rotatable bonds is 5. The number of primary amides is 1. The van der Waals surface area contributed by atoms with Gasteiger partial charge in [0.2, 0.25) is 0 Å². The zero-order valence-corrected chi connectivity index (χ0v) is 15.7. The summed E-state index contributed by atoms with van der Waals surface area (Å²) in [7, 11) is 0. The van der Waals surface area contributed by atoms with Crippen molar-refractivity contribution in [1.82, 2.24) is 5.43 Å². The van der Waals surface area contributed by atoms with Crippen molar-refractivity contribution in [2.75, 3.05) is 0 Å². The van der Waals surface area contributed by atoms with Gasteiger partial charge < -0.3 is 10.5 Å². The molecule has 120 valence electrons. The maximum Gasteiger partial charge on any atom is 0.332 e. The SMILES string of the molecule is NC(=O)N/N=C\c1cc(Br)c(OCc2ccccc2Cl)c(Br)c1. The van der Waals surface area contributed by atoms with Crippen LogP contribution in [0, 0.1) is 0 Å². The summed E-state index contributed by atoms with van der Waals surface area (Å²) in [6.45, 7) is 0.341. The third kappa shape index (κ3) is 5.23. The summed E-state index contributed by atoms with van der Waals surface area (Å²) < 4.78 is 7.29. The van der Waals surface area contributed by atoms with Crippen molar-refractivity contribution in [3.8, 4) is 5.75 Å². The molecule has 0 aliphatic rings. The Kier molecular flexibility index (Phi) is 6.44. The van der Waals surface area contributed by atoms with Crippen molar-refractivity contribution in [3.63, 3.8) is 0 Å². The topological polar surface area (TPSA) is 76.7 Å². The number of benzene rings is 2. The molecule has 0 bridgehead atoms. The first-order chi connectivity index (χ1) is 11.0. The van der Waals surface area contributed by atoms with E-state index in [-0.39, 0.29) is 0 Å². The summed E-state index contributed by atoms with van der Waals surface area (Å²) in [6.07, 6.45) is 1.47. The van der Waals surface area contributed by atoms with Crippen LogP contribution in [0.2, 0.25) is 5.02 Å². The van der Waals surface area contributed by atoms with E-state index in [9.17, 15) is 4.79 Å². The molecule has 0 aromatic heterocycles. The molecule has 2 aromatic carbocycles. The minimum Gasteiger partial charge on any atom is -0.486 e. The summed E-state index contributed by atoms with van der Waals surface area (Å²) in [5.41, 5.74) is 8.71. The Bertz CT molecular complexity index is 730. The molecule has 0 fully saturated rings. The minimum atomic E-state index is -0.723. The molecule has 0 unspecified atom stereocenters. The Balaban J connectivity index is 2.13. The smallest absolute Gasteiger partial charge is 0.332 e. The average molecular weight is 462 g/mol. The minimum absolute atomic E-state index is 0.341. The van der Waals surface area contributed by atoms with Crippen molar-refractivity contribution in [3.05, 3.63) is 61.5 Å².